The molecule has 1 unspecified atom stereocenters. The molecule has 0 spiro atoms. The summed E-state index contributed by atoms with van der Waals surface area (Å²) in [6, 6.07) is 0. The Morgan fingerprint density at radius 1 is 1.35 bits per heavy atom. The highest BCUT2D eigenvalue weighted by molar-refractivity contribution is 9.09. The molecule has 0 bridgehead atoms. The summed E-state index contributed by atoms with van der Waals surface area (Å²) in [5.74, 6) is -0.379. The van der Waals surface area contributed by atoms with Crippen LogP contribution in [0.5, 0.6) is 0 Å². The van der Waals surface area contributed by atoms with Crippen molar-refractivity contribution in [1.29, 1.82) is 0 Å². The fourth-order valence-electron chi connectivity index (χ4n) is 0.815. The van der Waals surface area contributed by atoms with Gasteiger partial charge in [0.25, 0.3) is 0 Å². The number of aliphatic hydroxyl groups excluding tert-OH is 1. The second-order valence-electron chi connectivity index (χ2n) is 4.47. The number of alkyl carbamates (subject to hydrolysis) is 1. The van der Waals surface area contributed by atoms with Gasteiger partial charge in [-0.05, 0) is 20.8 Å². The molecule has 0 aliphatic rings. The van der Waals surface area contributed by atoms with E-state index < -0.39 is 17.8 Å². The van der Waals surface area contributed by atoms with Gasteiger partial charge in [-0.2, -0.15) is 0 Å². The van der Waals surface area contributed by atoms with Gasteiger partial charge in [0.05, 0.1) is 12.6 Å². The minimum absolute atomic E-state index is 0.139. The van der Waals surface area contributed by atoms with Crippen molar-refractivity contribution in [2.75, 3.05) is 18.4 Å². The summed E-state index contributed by atoms with van der Waals surface area (Å²) >= 11 is 3.07. The van der Waals surface area contributed by atoms with Crippen molar-refractivity contribution < 1.29 is 19.4 Å². The van der Waals surface area contributed by atoms with Gasteiger partial charge in [-0.15, -0.1) is 0 Å². The summed E-state index contributed by atoms with van der Waals surface area (Å²) in [6.07, 6.45) is -1.28. The van der Waals surface area contributed by atoms with Gasteiger partial charge in [0.2, 0.25) is 5.91 Å². The Labute approximate surface area is 109 Å². The van der Waals surface area contributed by atoms with E-state index in [1.165, 1.54) is 0 Å². The predicted molar refractivity (Wildman–Crippen MR) is 67.0 cm³/mol. The lowest BCUT2D eigenvalue weighted by atomic mass is 10.2. The topological polar surface area (TPSA) is 87.7 Å². The van der Waals surface area contributed by atoms with Crippen LogP contribution in [0, 0.1) is 0 Å². The van der Waals surface area contributed by atoms with E-state index >= 15 is 0 Å². The second-order valence-corrected chi connectivity index (χ2v) is 5.12. The van der Waals surface area contributed by atoms with Crippen molar-refractivity contribution in [3.63, 3.8) is 0 Å². The molecule has 100 valence electrons. The molecular weight excluding hydrogens is 292 g/mol. The lowest BCUT2D eigenvalue weighted by Crippen LogP contribution is -2.42. The Morgan fingerprint density at radius 3 is 2.41 bits per heavy atom. The number of hydrogen-bond acceptors (Lipinski definition) is 4. The molecule has 2 amide bonds. The molecule has 0 saturated carbocycles. The van der Waals surface area contributed by atoms with E-state index in [1.807, 2.05) is 0 Å². The van der Waals surface area contributed by atoms with Gasteiger partial charge in [0.1, 0.15) is 5.60 Å². The molecule has 0 aromatic rings. The number of carbonyl (C=O) groups is 2. The highest BCUT2D eigenvalue weighted by Crippen LogP contribution is 2.05. The van der Waals surface area contributed by atoms with Gasteiger partial charge < -0.3 is 20.5 Å². The molecule has 0 saturated heterocycles. The molecule has 0 radical (unpaired) electrons. The fourth-order valence-corrected chi connectivity index (χ4v) is 1.04. The van der Waals surface area contributed by atoms with Crippen molar-refractivity contribution in [3.8, 4) is 0 Å². The van der Waals surface area contributed by atoms with Crippen LogP contribution in [0.4, 0.5) is 4.79 Å². The van der Waals surface area contributed by atoms with Crippen LogP contribution < -0.4 is 10.6 Å². The number of amides is 2. The second kappa shape index (κ2) is 7.50. The first-order valence-electron chi connectivity index (χ1n) is 5.22. The Morgan fingerprint density at radius 2 is 1.94 bits per heavy atom. The molecule has 0 aromatic heterocycles. The van der Waals surface area contributed by atoms with Crippen molar-refractivity contribution in [2.24, 2.45) is 0 Å². The first-order valence-corrected chi connectivity index (χ1v) is 6.34. The van der Waals surface area contributed by atoms with E-state index in [2.05, 4.69) is 26.6 Å². The van der Waals surface area contributed by atoms with Gasteiger partial charge in [-0.3, -0.25) is 4.79 Å². The first-order chi connectivity index (χ1) is 7.74. The van der Waals surface area contributed by atoms with Gasteiger partial charge in [-0.25, -0.2) is 4.79 Å². The maximum atomic E-state index is 11.2. The molecule has 0 aromatic carbocycles. The molecule has 0 aliphatic carbocycles. The van der Waals surface area contributed by atoms with E-state index in [4.69, 9.17) is 9.84 Å². The van der Waals surface area contributed by atoms with Crippen LogP contribution in [0.2, 0.25) is 0 Å². The maximum Gasteiger partial charge on any atom is 0.408 e. The van der Waals surface area contributed by atoms with E-state index in [-0.39, 0.29) is 19.0 Å². The predicted octanol–water partition coefficient (Wildman–Crippen LogP) is 0.383. The van der Waals surface area contributed by atoms with E-state index in [1.54, 1.807) is 20.8 Å². The Kier molecular flexibility index (Phi) is 7.13. The van der Waals surface area contributed by atoms with Crippen molar-refractivity contribution in [1.82, 2.24) is 10.6 Å². The molecule has 17 heavy (non-hydrogen) atoms. The monoisotopic (exact) mass is 310 g/mol. The number of aliphatic hydroxyl groups is 1. The molecule has 0 fully saturated rings. The Hall–Kier alpha value is -0.820. The molecule has 0 rings (SSSR count). The third kappa shape index (κ3) is 10.1. The molecule has 6 nitrogen and oxygen atoms in total. The lowest BCUT2D eigenvalue weighted by molar-refractivity contribution is -0.120. The summed E-state index contributed by atoms with van der Waals surface area (Å²) in [6.45, 7) is 5.17. The number of hydrogen-bond donors (Lipinski definition) is 3. The average Bonchev–Trinajstić information content (AvgIpc) is 2.20. The number of nitrogens with one attached hydrogen (secondary N) is 2. The highest BCUT2D eigenvalue weighted by atomic mass is 79.9. The van der Waals surface area contributed by atoms with Gasteiger partial charge >= 0.3 is 6.09 Å². The largest absolute Gasteiger partial charge is 0.444 e. The zero-order valence-corrected chi connectivity index (χ0v) is 11.8. The highest BCUT2D eigenvalue weighted by Gasteiger charge is 2.16. The molecule has 3 N–H and O–H groups in total. The molecular formula is C10H19BrN2O4. The first kappa shape index (κ1) is 16.2. The van der Waals surface area contributed by atoms with Crippen LogP contribution in [-0.4, -0.2) is 47.2 Å². The summed E-state index contributed by atoms with van der Waals surface area (Å²) in [5.41, 5.74) is -0.591. The zero-order valence-electron chi connectivity index (χ0n) is 10.2. The summed E-state index contributed by atoms with van der Waals surface area (Å²) < 4.78 is 4.95. The van der Waals surface area contributed by atoms with E-state index in [0.717, 1.165) is 0 Å². The lowest BCUT2D eigenvalue weighted by Gasteiger charge is -2.19. The number of halogens is 1. The van der Waals surface area contributed by atoms with Crippen molar-refractivity contribution in [3.05, 3.63) is 0 Å². The standard InChI is InChI=1S/C10H19BrN2O4/c1-10(2,3)17-9(16)13-6-8(15)12-5-7(14)4-11/h7,14H,4-6H2,1-3H3,(H,12,15)(H,13,16). The molecule has 0 aliphatic heterocycles. The van der Waals surface area contributed by atoms with Crippen LogP contribution in [0.15, 0.2) is 0 Å². The third-order valence-corrected chi connectivity index (χ3v) is 2.25. The van der Waals surface area contributed by atoms with E-state index in [0.29, 0.717) is 5.33 Å². The van der Waals surface area contributed by atoms with Gasteiger partial charge in [-0.1, -0.05) is 15.9 Å². The Balaban J connectivity index is 3.74. The minimum Gasteiger partial charge on any atom is -0.444 e. The third-order valence-electron chi connectivity index (χ3n) is 1.51. The number of rotatable bonds is 5. The summed E-state index contributed by atoms with van der Waals surface area (Å²) in [4.78, 5) is 22.4. The Bertz CT molecular complexity index is 266. The molecule has 7 heteroatoms. The fraction of sp³-hybridized carbons (Fsp3) is 0.800. The number of alkyl halides is 1. The van der Waals surface area contributed by atoms with Crippen LogP contribution in [0.3, 0.4) is 0 Å². The van der Waals surface area contributed by atoms with Gasteiger partial charge in [0, 0.05) is 11.9 Å². The van der Waals surface area contributed by atoms with Gasteiger partial charge in [0.15, 0.2) is 0 Å². The van der Waals surface area contributed by atoms with Crippen LogP contribution >= 0.6 is 15.9 Å². The summed E-state index contributed by atoms with van der Waals surface area (Å²) in [7, 11) is 0. The van der Waals surface area contributed by atoms with Crippen LogP contribution in [0.1, 0.15) is 20.8 Å². The van der Waals surface area contributed by atoms with Crippen LogP contribution in [0.25, 0.3) is 0 Å². The molecule has 1 atom stereocenters. The van der Waals surface area contributed by atoms with Crippen molar-refractivity contribution >= 4 is 27.9 Å². The smallest absolute Gasteiger partial charge is 0.408 e. The maximum absolute atomic E-state index is 11.2. The van der Waals surface area contributed by atoms with Crippen LogP contribution in [-0.2, 0) is 9.53 Å². The number of carbonyl (C=O) groups excluding carboxylic acids is 2. The zero-order chi connectivity index (χ0) is 13.5. The normalized spacial score (nSPS) is 12.8. The van der Waals surface area contributed by atoms with E-state index in [9.17, 15) is 9.59 Å². The van der Waals surface area contributed by atoms with Crippen molar-refractivity contribution in [2.45, 2.75) is 32.5 Å². The summed E-state index contributed by atoms with van der Waals surface area (Å²) in [5, 5.41) is 14.3. The number of ether oxygens (including phenoxy) is 1. The SMILES string of the molecule is CC(C)(C)OC(=O)NCC(=O)NCC(O)CBr. The quantitative estimate of drug-likeness (QED) is 0.641. The average molecular weight is 311 g/mol. The minimum atomic E-state index is -0.645. The molecule has 0 heterocycles.